The molecular weight excluding hydrogens is 453 g/mol. The summed E-state index contributed by atoms with van der Waals surface area (Å²) in [4.78, 5) is 12.3. The second-order valence-electron chi connectivity index (χ2n) is 7.87. The standard InChI is InChI=1S/C27H24FNO4S/c1-19-23(15-16-33-27(30)22-5-3-2-4-6-22)17-26(29(19)25-13-11-24(28)12-14-25)21-9-7-20(8-10-21)18-34(31)32/h2-14,17H,15-16,18H2,1H3,(H,31,32). The van der Waals surface area contributed by atoms with Gasteiger partial charge in [0, 0.05) is 17.8 Å². The largest absolute Gasteiger partial charge is 0.462 e. The Morgan fingerprint density at radius 2 is 1.68 bits per heavy atom. The van der Waals surface area contributed by atoms with E-state index in [9.17, 15) is 13.4 Å². The fraction of sp³-hybridized carbons (Fsp3) is 0.148. The monoisotopic (exact) mass is 477 g/mol. The third-order valence-corrected chi connectivity index (χ3v) is 6.17. The Kier molecular flexibility index (Phi) is 7.35. The van der Waals surface area contributed by atoms with Gasteiger partial charge in [0.15, 0.2) is 11.1 Å². The molecule has 4 rings (SSSR count). The lowest BCUT2D eigenvalue weighted by atomic mass is 10.1. The number of ether oxygens (including phenoxy) is 1. The van der Waals surface area contributed by atoms with Crippen LogP contribution in [-0.2, 0) is 28.0 Å². The Balaban J connectivity index is 1.62. The van der Waals surface area contributed by atoms with Crippen LogP contribution < -0.4 is 0 Å². The summed E-state index contributed by atoms with van der Waals surface area (Å²) in [6.07, 6.45) is 0.521. The van der Waals surface area contributed by atoms with E-state index in [1.54, 1.807) is 36.4 Å². The number of esters is 1. The smallest absolute Gasteiger partial charge is 0.338 e. The number of halogens is 1. The van der Waals surface area contributed by atoms with Gasteiger partial charge in [0.1, 0.15) is 5.82 Å². The summed E-state index contributed by atoms with van der Waals surface area (Å²) in [5, 5.41) is 0. The van der Waals surface area contributed by atoms with Crippen molar-refractivity contribution >= 4 is 17.0 Å². The zero-order valence-corrected chi connectivity index (χ0v) is 19.4. The Labute approximate surface area is 200 Å². The summed E-state index contributed by atoms with van der Waals surface area (Å²) < 4.78 is 41.3. The minimum Gasteiger partial charge on any atom is -0.462 e. The van der Waals surface area contributed by atoms with Crippen LogP contribution >= 0.6 is 0 Å². The van der Waals surface area contributed by atoms with Crippen molar-refractivity contribution in [1.82, 2.24) is 4.57 Å². The summed E-state index contributed by atoms with van der Waals surface area (Å²) in [5.74, 6) is -0.617. The second kappa shape index (κ2) is 10.6. The third kappa shape index (κ3) is 5.50. The molecular formula is C27H24FNO4S. The topological polar surface area (TPSA) is 68.5 Å². The Morgan fingerprint density at radius 3 is 2.32 bits per heavy atom. The summed E-state index contributed by atoms with van der Waals surface area (Å²) in [6.45, 7) is 2.20. The summed E-state index contributed by atoms with van der Waals surface area (Å²) >= 11 is -1.91. The van der Waals surface area contributed by atoms with Crippen LogP contribution in [0.4, 0.5) is 4.39 Å². The van der Waals surface area contributed by atoms with Crippen molar-refractivity contribution in [3.8, 4) is 16.9 Å². The van der Waals surface area contributed by atoms with E-state index in [1.165, 1.54) is 12.1 Å². The predicted molar refractivity (Wildman–Crippen MR) is 131 cm³/mol. The number of benzene rings is 3. The molecule has 7 heteroatoms. The average Bonchev–Trinajstić information content (AvgIpc) is 3.16. The summed E-state index contributed by atoms with van der Waals surface area (Å²) in [7, 11) is 0. The first-order valence-electron chi connectivity index (χ1n) is 10.8. The van der Waals surface area contributed by atoms with Crippen LogP contribution in [0.2, 0.25) is 0 Å². The normalized spacial score (nSPS) is 11.9. The highest BCUT2D eigenvalue weighted by atomic mass is 32.2. The molecule has 0 aliphatic carbocycles. The molecule has 34 heavy (non-hydrogen) atoms. The number of carbonyl (C=O) groups is 1. The SMILES string of the molecule is Cc1c(CCOC(=O)c2ccccc2)cc(-c2ccc(CS(=O)O)cc2)n1-c1ccc(F)cc1. The zero-order valence-electron chi connectivity index (χ0n) is 18.6. The molecule has 1 N–H and O–H groups in total. The average molecular weight is 478 g/mol. The van der Waals surface area contributed by atoms with Crippen LogP contribution in [0.25, 0.3) is 16.9 Å². The molecule has 0 bridgehead atoms. The molecule has 5 nitrogen and oxygen atoms in total. The molecule has 174 valence electrons. The first-order valence-corrected chi connectivity index (χ1v) is 12.1. The summed E-state index contributed by atoms with van der Waals surface area (Å²) in [5.41, 5.74) is 5.83. The van der Waals surface area contributed by atoms with Crippen LogP contribution in [0.5, 0.6) is 0 Å². The van der Waals surface area contributed by atoms with Crippen LogP contribution in [0.3, 0.4) is 0 Å². The highest BCUT2D eigenvalue weighted by Crippen LogP contribution is 2.30. The molecule has 0 saturated heterocycles. The molecule has 4 aromatic rings. The minimum absolute atomic E-state index is 0.0658. The minimum atomic E-state index is -1.91. The van der Waals surface area contributed by atoms with E-state index in [1.807, 2.05) is 47.9 Å². The predicted octanol–water partition coefficient (Wildman–Crippen LogP) is 5.71. The number of aromatic nitrogens is 1. The number of carbonyl (C=O) groups excluding carboxylic acids is 1. The first kappa shape index (κ1) is 23.6. The van der Waals surface area contributed by atoms with Crippen LogP contribution in [0.15, 0.2) is 84.9 Å². The van der Waals surface area contributed by atoms with Gasteiger partial charge in [-0.3, -0.25) is 0 Å². The lowest BCUT2D eigenvalue weighted by Gasteiger charge is -2.13. The lowest BCUT2D eigenvalue weighted by Crippen LogP contribution is -2.08. The molecule has 1 unspecified atom stereocenters. The quantitative estimate of drug-likeness (QED) is 0.261. The van der Waals surface area contributed by atoms with Gasteiger partial charge in [0.05, 0.1) is 23.6 Å². The van der Waals surface area contributed by atoms with Gasteiger partial charge >= 0.3 is 5.97 Å². The van der Waals surface area contributed by atoms with Gasteiger partial charge in [0.25, 0.3) is 0 Å². The molecule has 0 aliphatic heterocycles. The fourth-order valence-corrected chi connectivity index (χ4v) is 4.35. The van der Waals surface area contributed by atoms with Crippen molar-refractivity contribution in [3.63, 3.8) is 0 Å². The maximum atomic E-state index is 13.6. The molecule has 0 aliphatic rings. The second-order valence-corrected chi connectivity index (χ2v) is 8.80. The third-order valence-electron chi connectivity index (χ3n) is 5.59. The maximum absolute atomic E-state index is 13.6. The van der Waals surface area contributed by atoms with Gasteiger partial charge in [-0.05, 0) is 66.1 Å². The van der Waals surface area contributed by atoms with Gasteiger partial charge in [0.2, 0.25) is 0 Å². The number of hydrogen-bond donors (Lipinski definition) is 1. The van der Waals surface area contributed by atoms with E-state index in [2.05, 4.69) is 0 Å². The van der Waals surface area contributed by atoms with Crippen molar-refractivity contribution in [3.05, 3.63) is 113 Å². The van der Waals surface area contributed by atoms with E-state index < -0.39 is 11.1 Å². The Bertz CT molecular complexity index is 1300. The van der Waals surface area contributed by atoms with Crippen molar-refractivity contribution in [2.24, 2.45) is 0 Å². The van der Waals surface area contributed by atoms with E-state index in [-0.39, 0.29) is 24.1 Å². The molecule has 1 aromatic heterocycles. The van der Waals surface area contributed by atoms with E-state index in [0.717, 1.165) is 33.8 Å². The first-order chi connectivity index (χ1) is 16.4. The molecule has 1 heterocycles. The van der Waals surface area contributed by atoms with Gasteiger partial charge in [-0.2, -0.15) is 0 Å². The van der Waals surface area contributed by atoms with Crippen molar-refractivity contribution in [1.29, 1.82) is 0 Å². The molecule has 3 aromatic carbocycles. The Morgan fingerprint density at radius 1 is 1.00 bits per heavy atom. The molecule has 0 fully saturated rings. The van der Waals surface area contributed by atoms with Gasteiger partial charge in [-0.1, -0.05) is 42.5 Å². The van der Waals surface area contributed by atoms with E-state index in [4.69, 9.17) is 9.29 Å². The summed E-state index contributed by atoms with van der Waals surface area (Å²) in [6, 6.07) is 24.6. The maximum Gasteiger partial charge on any atom is 0.338 e. The van der Waals surface area contributed by atoms with Crippen molar-refractivity contribution in [2.75, 3.05) is 6.61 Å². The molecule has 0 amide bonds. The number of hydrogen-bond acceptors (Lipinski definition) is 3. The van der Waals surface area contributed by atoms with Gasteiger partial charge in [-0.15, -0.1) is 0 Å². The van der Waals surface area contributed by atoms with Crippen molar-refractivity contribution in [2.45, 2.75) is 19.1 Å². The molecule has 0 radical (unpaired) electrons. The van der Waals surface area contributed by atoms with Crippen LogP contribution in [-0.4, -0.2) is 25.9 Å². The molecule has 0 spiro atoms. The van der Waals surface area contributed by atoms with Gasteiger partial charge < -0.3 is 13.9 Å². The van der Waals surface area contributed by atoms with Gasteiger partial charge in [-0.25, -0.2) is 13.4 Å². The molecule has 1 atom stereocenters. The van der Waals surface area contributed by atoms with Crippen LogP contribution in [0, 0.1) is 12.7 Å². The van der Waals surface area contributed by atoms with Crippen LogP contribution in [0.1, 0.15) is 27.2 Å². The zero-order chi connectivity index (χ0) is 24.1. The highest BCUT2D eigenvalue weighted by molar-refractivity contribution is 7.78. The number of rotatable bonds is 8. The Hall–Kier alpha value is -3.55. The number of nitrogens with zero attached hydrogens (tertiary/aromatic N) is 1. The van der Waals surface area contributed by atoms with E-state index >= 15 is 0 Å². The lowest BCUT2D eigenvalue weighted by molar-refractivity contribution is 0.0509. The van der Waals surface area contributed by atoms with Crippen molar-refractivity contribution < 1.29 is 22.7 Å². The van der Waals surface area contributed by atoms with E-state index in [0.29, 0.717) is 12.0 Å². The highest BCUT2D eigenvalue weighted by Gasteiger charge is 2.16. The fourth-order valence-electron chi connectivity index (χ4n) is 3.87. The molecule has 0 saturated carbocycles.